The van der Waals surface area contributed by atoms with Crippen LogP contribution in [0.2, 0.25) is 0 Å². The molecule has 1 N–H and O–H groups in total. The number of hydrogen-bond donors (Lipinski definition) is 1. The normalized spacial score (nSPS) is 11.6. The van der Waals surface area contributed by atoms with Crippen molar-refractivity contribution in [2.75, 3.05) is 7.11 Å². The lowest BCUT2D eigenvalue weighted by Gasteiger charge is -2.05. The van der Waals surface area contributed by atoms with Crippen molar-refractivity contribution < 1.29 is 17.7 Å². The highest BCUT2D eigenvalue weighted by Crippen LogP contribution is 2.35. The minimum Gasteiger partial charge on any atom is -0.497 e. The fourth-order valence-electron chi connectivity index (χ4n) is 3.17. The van der Waals surface area contributed by atoms with Gasteiger partial charge >= 0.3 is 0 Å². The lowest BCUT2D eigenvalue weighted by molar-refractivity contribution is 0.415. The van der Waals surface area contributed by atoms with E-state index in [2.05, 4.69) is 4.57 Å². The molecule has 3 aromatic carbocycles. The van der Waals surface area contributed by atoms with E-state index in [-0.39, 0.29) is 4.90 Å². The summed E-state index contributed by atoms with van der Waals surface area (Å²) in [6.45, 7) is 0. The van der Waals surface area contributed by atoms with E-state index < -0.39 is 10.1 Å². The number of rotatable bonds is 4. The van der Waals surface area contributed by atoms with Gasteiger partial charge in [-0.2, -0.15) is 8.42 Å². The van der Waals surface area contributed by atoms with Crippen molar-refractivity contribution in [2.45, 2.75) is 4.90 Å². The second-order valence-corrected chi connectivity index (χ2v) is 7.55. The zero-order valence-corrected chi connectivity index (χ0v) is 15.3. The first kappa shape index (κ1) is 17.3. The summed E-state index contributed by atoms with van der Waals surface area (Å²) < 4.78 is 39.3. The molecule has 1 heterocycles. The highest BCUT2D eigenvalue weighted by Gasteiger charge is 2.14. The van der Waals surface area contributed by atoms with Crippen LogP contribution in [0.1, 0.15) is 0 Å². The SMILES string of the molecule is COc1ccc2c(c1)c(-c1ccc(S(=O)(=O)O)cc1)cn2-c1ccccc1. The van der Waals surface area contributed by atoms with Gasteiger partial charge < -0.3 is 9.30 Å². The van der Waals surface area contributed by atoms with E-state index in [1.807, 2.05) is 54.7 Å². The molecule has 0 bridgehead atoms. The Morgan fingerprint density at radius 2 is 1.63 bits per heavy atom. The molecule has 0 saturated heterocycles. The van der Waals surface area contributed by atoms with E-state index in [0.29, 0.717) is 0 Å². The van der Waals surface area contributed by atoms with Gasteiger partial charge in [0.25, 0.3) is 10.1 Å². The van der Waals surface area contributed by atoms with Crippen molar-refractivity contribution in [1.29, 1.82) is 0 Å². The predicted molar refractivity (Wildman–Crippen MR) is 105 cm³/mol. The van der Waals surface area contributed by atoms with Crippen LogP contribution in [0.25, 0.3) is 27.7 Å². The highest BCUT2D eigenvalue weighted by molar-refractivity contribution is 7.85. The topological polar surface area (TPSA) is 68.5 Å². The number of methoxy groups -OCH3 is 1. The molecule has 5 nitrogen and oxygen atoms in total. The van der Waals surface area contributed by atoms with Gasteiger partial charge in [-0.05, 0) is 48.0 Å². The Morgan fingerprint density at radius 1 is 0.926 bits per heavy atom. The van der Waals surface area contributed by atoms with Crippen molar-refractivity contribution in [3.63, 3.8) is 0 Å². The van der Waals surface area contributed by atoms with Crippen LogP contribution in [0, 0.1) is 0 Å². The molecule has 0 fully saturated rings. The Kier molecular flexibility index (Phi) is 4.22. The third-order valence-electron chi connectivity index (χ3n) is 4.51. The van der Waals surface area contributed by atoms with Crippen LogP contribution in [-0.4, -0.2) is 24.6 Å². The fourth-order valence-corrected chi connectivity index (χ4v) is 3.65. The molecule has 0 aliphatic rings. The van der Waals surface area contributed by atoms with E-state index >= 15 is 0 Å². The number of benzene rings is 3. The maximum absolute atomic E-state index is 11.3. The van der Waals surface area contributed by atoms with E-state index in [1.54, 1.807) is 19.2 Å². The Morgan fingerprint density at radius 3 is 2.26 bits per heavy atom. The zero-order valence-electron chi connectivity index (χ0n) is 14.5. The summed E-state index contributed by atoms with van der Waals surface area (Å²) >= 11 is 0. The molecule has 0 unspecified atom stereocenters. The Balaban J connectivity index is 1.94. The summed E-state index contributed by atoms with van der Waals surface area (Å²) in [6, 6.07) is 22.0. The molecule has 6 heteroatoms. The van der Waals surface area contributed by atoms with Gasteiger partial charge in [0.1, 0.15) is 5.75 Å². The van der Waals surface area contributed by atoms with Crippen molar-refractivity contribution in [1.82, 2.24) is 4.57 Å². The average Bonchev–Trinajstić information content (AvgIpc) is 3.07. The number of para-hydroxylation sites is 1. The van der Waals surface area contributed by atoms with Gasteiger partial charge in [-0.15, -0.1) is 0 Å². The molecule has 0 radical (unpaired) electrons. The van der Waals surface area contributed by atoms with Gasteiger partial charge in [0, 0.05) is 22.8 Å². The molecule has 0 saturated carbocycles. The van der Waals surface area contributed by atoms with E-state index in [0.717, 1.165) is 33.5 Å². The minimum atomic E-state index is -4.22. The van der Waals surface area contributed by atoms with Crippen LogP contribution in [0.3, 0.4) is 0 Å². The van der Waals surface area contributed by atoms with E-state index in [1.165, 1.54) is 12.1 Å². The van der Waals surface area contributed by atoms with Gasteiger partial charge in [0.15, 0.2) is 0 Å². The monoisotopic (exact) mass is 379 g/mol. The maximum Gasteiger partial charge on any atom is 0.294 e. The van der Waals surface area contributed by atoms with Crippen molar-refractivity contribution in [3.8, 4) is 22.6 Å². The standard InChI is InChI=1S/C21H17NO4S/c1-26-17-9-12-21-19(13-17)20(14-22(21)16-5-3-2-4-6-16)15-7-10-18(11-8-15)27(23,24)25/h2-14H,1H3,(H,23,24,25). The highest BCUT2D eigenvalue weighted by atomic mass is 32.2. The quantitative estimate of drug-likeness (QED) is 0.528. The Bertz CT molecular complexity index is 1210. The van der Waals surface area contributed by atoms with Gasteiger partial charge in [-0.25, -0.2) is 0 Å². The first-order valence-corrected chi connectivity index (χ1v) is 9.74. The molecule has 0 amide bonds. The molecule has 27 heavy (non-hydrogen) atoms. The number of aromatic nitrogens is 1. The minimum absolute atomic E-state index is 0.129. The molecular formula is C21H17NO4S. The van der Waals surface area contributed by atoms with Gasteiger partial charge in [-0.3, -0.25) is 4.55 Å². The number of fused-ring (bicyclic) bond motifs is 1. The Labute approximate surface area is 157 Å². The lowest BCUT2D eigenvalue weighted by atomic mass is 10.0. The predicted octanol–water partition coefficient (Wildman–Crippen LogP) is 4.55. The summed E-state index contributed by atoms with van der Waals surface area (Å²) in [7, 11) is -2.60. The number of nitrogens with zero attached hydrogens (tertiary/aromatic N) is 1. The maximum atomic E-state index is 11.3. The summed E-state index contributed by atoms with van der Waals surface area (Å²) in [5, 5.41) is 0.984. The van der Waals surface area contributed by atoms with Gasteiger partial charge in [-0.1, -0.05) is 30.3 Å². The summed E-state index contributed by atoms with van der Waals surface area (Å²) in [5.41, 5.74) is 3.81. The van der Waals surface area contributed by atoms with E-state index in [4.69, 9.17) is 4.74 Å². The number of ether oxygens (including phenoxy) is 1. The first-order chi connectivity index (χ1) is 13.0. The molecule has 0 aliphatic carbocycles. The van der Waals surface area contributed by atoms with Crippen LogP contribution in [0.15, 0.2) is 83.9 Å². The van der Waals surface area contributed by atoms with Gasteiger partial charge in [0.2, 0.25) is 0 Å². The Hall–Kier alpha value is -3.09. The van der Waals surface area contributed by atoms with Crippen LogP contribution in [0.5, 0.6) is 5.75 Å². The smallest absolute Gasteiger partial charge is 0.294 e. The van der Waals surface area contributed by atoms with E-state index in [9.17, 15) is 13.0 Å². The fraction of sp³-hybridized carbons (Fsp3) is 0.0476. The largest absolute Gasteiger partial charge is 0.497 e. The van der Waals surface area contributed by atoms with Gasteiger partial charge in [0.05, 0.1) is 17.5 Å². The summed E-state index contributed by atoms with van der Waals surface area (Å²) in [6.07, 6.45) is 2.02. The molecule has 4 aromatic rings. The molecule has 0 atom stereocenters. The van der Waals surface area contributed by atoms with Crippen molar-refractivity contribution >= 4 is 21.0 Å². The zero-order chi connectivity index (χ0) is 19.0. The summed E-state index contributed by atoms with van der Waals surface area (Å²) in [5.74, 6) is 0.740. The number of hydrogen-bond acceptors (Lipinski definition) is 3. The third kappa shape index (κ3) is 3.20. The average molecular weight is 379 g/mol. The first-order valence-electron chi connectivity index (χ1n) is 8.30. The van der Waals surface area contributed by atoms with Crippen molar-refractivity contribution in [2.24, 2.45) is 0 Å². The van der Waals surface area contributed by atoms with Crippen LogP contribution in [0.4, 0.5) is 0 Å². The second-order valence-electron chi connectivity index (χ2n) is 6.13. The van der Waals surface area contributed by atoms with Crippen LogP contribution >= 0.6 is 0 Å². The van der Waals surface area contributed by atoms with Crippen LogP contribution < -0.4 is 4.74 Å². The molecule has 0 spiro atoms. The molecule has 136 valence electrons. The lowest BCUT2D eigenvalue weighted by Crippen LogP contribution is -1.97. The van der Waals surface area contributed by atoms with Crippen LogP contribution in [-0.2, 0) is 10.1 Å². The molecule has 0 aliphatic heterocycles. The molecule has 4 rings (SSSR count). The summed E-state index contributed by atoms with van der Waals surface area (Å²) in [4.78, 5) is -0.129. The molecular weight excluding hydrogens is 362 g/mol. The molecule has 1 aromatic heterocycles. The third-order valence-corrected chi connectivity index (χ3v) is 5.38. The second kappa shape index (κ2) is 6.57. The van der Waals surface area contributed by atoms with Crippen molar-refractivity contribution in [3.05, 3.63) is 79.0 Å².